The van der Waals surface area contributed by atoms with Crippen LogP contribution in [0.2, 0.25) is 0 Å². The molecule has 0 bridgehead atoms. The zero-order valence-corrected chi connectivity index (χ0v) is 13.3. The van der Waals surface area contributed by atoms with Crippen LogP contribution in [0.15, 0.2) is 81.1 Å². The Balaban J connectivity index is 1.71. The SMILES string of the molecule is O=S(=O)(O)c1ccc(-c2ccc(/C=N/Nc3ccccc3)o2)cc1. The van der Waals surface area contributed by atoms with Crippen molar-refractivity contribution in [1.29, 1.82) is 0 Å². The summed E-state index contributed by atoms with van der Waals surface area (Å²) in [5.41, 5.74) is 4.44. The number of hydrazone groups is 1. The van der Waals surface area contributed by atoms with Crippen molar-refractivity contribution in [3.8, 4) is 11.3 Å². The molecule has 0 aliphatic carbocycles. The summed E-state index contributed by atoms with van der Waals surface area (Å²) in [5.74, 6) is 1.12. The van der Waals surface area contributed by atoms with Gasteiger partial charge in [0.2, 0.25) is 0 Å². The maximum absolute atomic E-state index is 11.0. The van der Waals surface area contributed by atoms with Crippen molar-refractivity contribution in [2.75, 3.05) is 5.43 Å². The lowest BCUT2D eigenvalue weighted by molar-refractivity contribution is 0.483. The second-order valence-electron chi connectivity index (χ2n) is 4.94. The van der Waals surface area contributed by atoms with E-state index < -0.39 is 10.1 Å². The normalized spacial score (nSPS) is 11.7. The molecular weight excluding hydrogens is 328 g/mol. The predicted molar refractivity (Wildman–Crippen MR) is 91.6 cm³/mol. The summed E-state index contributed by atoms with van der Waals surface area (Å²) in [4.78, 5) is -0.161. The van der Waals surface area contributed by atoms with Crippen molar-refractivity contribution in [2.24, 2.45) is 5.10 Å². The molecule has 0 saturated heterocycles. The third-order valence-corrected chi connectivity index (χ3v) is 4.09. The highest BCUT2D eigenvalue weighted by Crippen LogP contribution is 2.23. The smallest absolute Gasteiger partial charge is 0.294 e. The second-order valence-corrected chi connectivity index (χ2v) is 6.36. The van der Waals surface area contributed by atoms with Gasteiger partial charge in [-0.05, 0) is 48.5 Å². The lowest BCUT2D eigenvalue weighted by Crippen LogP contribution is -1.97. The fourth-order valence-corrected chi connectivity index (χ4v) is 2.53. The highest BCUT2D eigenvalue weighted by atomic mass is 32.2. The molecule has 1 heterocycles. The lowest BCUT2D eigenvalue weighted by Gasteiger charge is -1.99. The number of nitrogens with zero attached hydrogens (tertiary/aromatic N) is 1. The van der Waals surface area contributed by atoms with Gasteiger partial charge in [0.25, 0.3) is 10.1 Å². The molecule has 7 heteroatoms. The van der Waals surface area contributed by atoms with Gasteiger partial charge in [-0.15, -0.1) is 0 Å². The Bertz CT molecular complexity index is 946. The first-order valence-electron chi connectivity index (χ1n) is 7.04. The largest absolute Gasteiger partial charge is 0.455 e. The molecular formula is C17H14N2O4S. The van der Waals surface area contributed by atoms with Crippen LogP contribution in [0.25, 0.3) is 11.3 Å². The van der Waals surface area contributed by atoms with Crippen LogP contribution in [0.4, 0.5) is 5.69 Å². The quantitative estimate of drug-likeness (QED) is 0.419. The van der Waals surface area contributed by atoms with E-state index in [4.69, 9.17) is 8.97 Å². The molecule has 2 aromatic carbocycles. The zero-order chi connectivity index (χ0) is 17.0. The molecule has 0 saturated carbocycles. The number of anilines is 1. The first-order valence-corrected chi connectivity index (χ1v) is 8.48. The molecule has 0 amide bonds. The molecule has 0 unspecified atom stereocenters. The fraction of sp³-hybridized carbons (Fsp3) is 0. The molecule has 0 radical (unpaired) electrons. The van der Waals surface area contributed by atoms with Gasteiger partial charge in [0.05, 0.1) is 16.8 Å². The Morgan fingerprint density at radius 2 is 1.67 bits per heavy atom. The monoisotopic (exact) mass is 342 g/mol. The summed E-state index contributed by atoms with van der Waals surface area (Å²) >= 11 is 0. The molecule has 0 fully saturated rings. The van der Waals surface area contributed by atoms with Gasteiger partial charge in [-0.2, -0.15) is 13.5 Å². The van der Waals surface area contributed by atoms with E-state index in [1.165, 1.54) is 12.1 Å². The van der Waals surface area contributed by atoms with E-state index in [-0.39, 0.29) is 4.90 Å². The molecule has 2 N–H and O–H groups in total. The Kier molecular flexibility index (Phi) is 4.45. The van der Waals surface area contributed by atoms with Crippen LogP contribution in [-0.2, 0) is 10.1 Å². The van der Waals surface area contributed by atoms with Gasteiger partial charge in [-0.3, -0.25) is 9.98 Å². The second kappa shape index (κ2) is 6.69. The van der Waals surface area contributed by atoms with Gasteiger partial charge in [-0.1, -0.05) is 18.2 Å². The first kappa shape index (κ1) is 16.0. The Hall–Kier alpha value is -2.90. The number of hydrogen-bond acceptors (Lipinski definition) is 5. The summed E-state index contributed by atoms with van der Waals surface area (Å²) in [6.45, 7) is 0. The summed E-state index contributed by atoms with van der Waals surface area (Å²) in [6, 6.07) is 18.8. The molecule has 6 nitrogen and oxygen atoms in total. The van der Waals surface area contributed by atoms with Gasteiger partial charge in [0.15, 0.2) is 0 Å². The van der Waals surface area contributed by atoms with Crippen LogP contribution in [0, 0.1) is 0 Å². The zero-order valence-electron chi connectivity index (χ0n) is 12.5. The maximum Gasteiger partial charge on any atom is 0.294 e. The molecule has 1 aromatic heterocycles. The minimum absolute atomic E-state index is 0.161. The minimum Gasteiger partial charge on any atom is -0.455 e. The van der Waals surface area contributed by atoms with Crippen molar-refractivity contribution in [1.82, 2.24) is 0 Å². The molecule has 0 atom stereocenters. The lowest BCUT2D eigenvalue weighted by atomic mass is 10.2. The average molecular weight is 342 g/mol. The van der Waals surface area contributed by atoms with Crippen LogP contribution in [-0.4, -0.2) is 19.2 Å². The minimum atomic E-state index is -4.19. The molecule has 0 aliphatic rings. The van der Waals surface area contributed by atoms with Crippen molar-refractivity contribution < 1.29 is 17.4 Å². The molecule has 122 valence electrons. The van der Waals surface area contributed by atoms with Crippen LogP contribution in [0.1, 0.15) is 5.76 Å². The predicted octanol–water partition coefficient (Wildman–Crippen LogP) is 3.64. The standard InChI is InChI=1S/C17H14N2O4S/c20-24(21,22)16-9-6-13(7-10-16)17-11-8-15(23-17)12-18-19-14-4-2-1-3-5-14/h1-12,19H,(H,20,21,22)/b18-12+. The van der Waals surface area contributed by atoms with E-state index in [9.17, 15) is 8.42 Å². The van der Waals surface area contributed by atoms with E-state index in [1.807, 2.05) is 30.3 Å². The Morgan fingerprint density at radius 1 is 0.958 bits per heavy atom. The van der Waals surface area contributed by atoms with E-state index in [0.29, 0.717) is 17.1 Å². The number of hydrogen-bond donors (Lipinski definition) is 2. The summed E-state index contributed by atoms with van der Waals surface area (Å²) < 4.78 is 36.7. The number of furan rings is 1. The maximum atomic E-state index is 11.0. The average Bonchev–Trinajstić information content (AvgIpc) is 3.04. The van der Waals surface area contributed by atoms with E-state index in [0.717, 1.165) is 5.69 Å². The van der Waals surface area contributed by atoms with Crippen molar-refractivity contribution in [3.63, 3.8) is 0 Å². The van der Waals surface area contributed by atoms with E-state index in [2.05, 4.69) is 10.5 Å². The highest BCUT2D eigenvalue weighted by molar-refractivity contribution is 7.85. The number of para-hydroxylation sites is 1. The van der Waals surface area contributed by atoms with Crippen molar-refractivity contribution >= 4 is 22.0 Å². The van der Waals surface area contributed by atoms with Gasteiger partial charge in [0, 0.05) is 5.56 Å². The molecule has 0 aliphatic heterocycles. The van der Waals surface area contributed by atoms with Gasteiger partial charge in [0.1, 0.15) is 11.5 Å². The van der Waals surface area contributed by atoms with Crippen LogP contribution < -0.4 is 5.43 Å². The van der Waals surface area contributed by atoms with E-state index in [1.54, 1.807) is 30.5 Å². The van der Waals surface area contributed by atoms with Crippen LogP contribution in [0.3, 0.4) is 0 Å². The first-order chi connectivity index (χ1) is 11.5. The molecule has 0 spiro atoms. The Labute approximate surface area is 139 Å². The van der Waals surface area contributed by atoms with E-state index >= 15 is 0 Å². The highest BCUT2D eigenvalue weighted by Gasteiger charge is 2.10. The van der Waals surface area contributed by atoms with Gasteiger partial charge >= 0.3 is 0 Å². The van der Waals surface area contributed by atoms with Crippen molar-refractivity contribution in [3.05, 3.63) is 72.5 Å². The number of nitrogens with one attached hydrogen (secondary N) is 1. The molecule has 3 aromatic rings. The Morgan fingerprint density at radius 3 is 2.33 bits per heavy atom. The summed E-state index contributed by atoms with van der Waals surface area (Å²) in [5, 5.41) is 4.08. The van der Waals surface area contributed by atoms with Crippen LogP contribution in [0.5, 0.6) is 0 Å². The third kappa shape index (κ3) is 3.89. The van der Waals surface area contributed by atoms with Crippen LogP contribution >= 0.6 is 0 Å². The fourth-order valence-electron chi connectivity index (χ4n) is 2.05. The number of rotatable bonds is 5. The van der Waals surface area contributed by atoms with Crippen molar-refractivity contribution in [2.45, 2.75) is 4.90 Å². The summed E-state index contributed by atoms with van der Waals surface area (Å²) in [7, 11) is -4.19. The number of benzene rings is 2. The summed E-state index contributed by atoms with van der Waals surface area (Å²) in [6.07, 6.45) is 1.54. The molecule has 3 rings (SSSR count). The molecule has 24 heavy (non-hydrogen) atoms. The van der Waals surface area contributed by atoms with Gasteiger partial charge in [-0.25, -0.2) is 0 Å². The third-order valence-electron chi connectivity index (χ3n) is 3.22. The van der Waals surface area contributed by atoms with Gasteiger partial charge < -0.3 is 4.42 Å². The topological polar surface area (TPSA) is 91.9 Å².